The highest BCUT2D eigenvalue weighted by molar-refractivity contribution is 5.59. The quantitative estimate of drug-likeness (QED) is 0.610. The van der Waals surface area contributed by atoms with Gasteiger partial charge >= 0.3 is 6.16 Å². The van der Waals surface area contributed by atoms with Crippen LogP contribution in [0.4, 0.5) is 4.79 Å². The van der Waals surface area contributed by atoms with Crippen molar-refractivity contribution in [3.05, 3.63) is 0 Å². The molecule has 1 fully saturated rings. The molecule has 1 saturated carbocycles. The van der Waals surface area contributed by atoms with Gasteiger partial charge in [0.15, 0.2) is 0 Å². The summed E-state index contributed by atoms with van der Waals surface area (Å²) >= 11 is 0. The average Bonchev–Trinajstić information content (AvgIpc) is 1.99. The van der Waals surface area contributed by atoms with E-state index in [9.17, 15) is 4.79 Å². The molecular weight excluding hydrogens is 180 g/mol. The molecule has 0 bridgehead atoms. The largest absolute Gasteiger partial charge is 0.508 e. The summed E-state index contributed by atoms with van der Waals surface area (Å²) in [6.45, 7) is 6.64. The van der Waals surface area contributed by atoms with Crippen molar-refractivity contribution >= 4 is 6.16 Å². The van der Waals surface area contributed by atoms with Crippen molar-refractivity contribution in [3.63, 3.8) is 0 Å². The van der Waals surface area contributed by atoms with E-state index < -0.39 is 6.16 Å². The smallest absolute Gasteiger partial charge is 0.438 e. The maximum absolute atomic E-state index is 11.0. The van der Waals surface area contributed by atoms with Gasteiger partial charge in [-0.1, -0.05) is 20.8 Å². The van der Waals surface area contributed by atoms with E-state index in [4.69, 9.17) is 4.74 Å². The summed E-state index contributed by atoms with van der Waals surface area (Å²) in [6, 6.07) is 0. The molecule has 2 atom stereocenters. The molecule has 0 radical (unpaired) electrons. The number of methoxy groups -OCH3 is 1. The van der Waals surface area contributed by atoms with Crippen molar-refractivity contribution < 1.29 is 14.3 Å². The first kappa shape index (κ1) is 11.3. The Morgan fingerprint density at radius 3 is 2.50 bits per heavy atom. The van der Waals surface area contributed by atoms with Gasteiger partial charge in [0.1, 0.15) is 6.10 Å². The van der Waals surface area contributed by atoms with Crippen LogP contribution in [0.15, 0.2) is 0 Å². The third-order valence-electron chi connectivity index (χ3n) is 2.78. The Bertz CT molecular complexity index is 211. The lowest BCUT2D eigenvalue weighted by atomic mass is 9.71. The van der Waals surface area contributed by atoms with Crippen LogP contribution in [0.1, 0.15) is 40.0 Å². The van der Waals surface area contributed by atoms with Crippen molar-refractivity contribution in [2.75, 3.05) is 7.11 Å². The van der Waals surface area contributed by atoms with Gasteiger partial charge in [-0.3, -0.25) is 0 Å². The number of rotatable bonds is 1. The summed E-state index contributed by atoms with van der Waals surface area (Å²) in [4.78, 5) is 11.0. The monoisotopic (exact) mass is 200 g/mol. The van der Waals surface area contributed by atoms with E-state index in [-0.39, 0.29) is 11.5 Å². The van der Waals surface area contributed by atoms with E-state index >= 15 is 0 Å². The Kier molecular flexibility index (Phi) is 3.40. The predicted octanol–water partition coefficient (Wildman–Crippen LogP) is 2.98. The van der Waals surface area contributed by atoms with Crippen molar-refractivity contribution in [1.29, 1.82) is 0 Å². The van der Waals surface area contributed by atoms with Crippen LogP contribution in [0.25, 0.3) is 0 Å². The van der Waals surface area contributed by atoms with Gasteiger partial charge in [-0.05, 0) is 30.6 Å². The number of carbonyl (C=O) groups is 1. The molecule has 0 N–H and O–H groups in total. The molecule has 82 valence electrons. The van der Waals surface area contributed by atoms with E-state index in [2.05, 4.69) is 25.5 Å². The number of carbonyl (C=O) groups excluding carboxylic acids is 1. The molecule has 1 rings (SSSR count). The highest BCUT2D eigenvalue weighted by Crippen LogP contribution is 2.39. The van der Waals surface area contributed by atoms with Gasteiger partial charge in [-0.25, -0.2) is 4.79 Å². The zero-order valence-electron chi connectivity index (χ0n) is 9.50. The predicted molar refractivity (Wildman–Crippen MR) is 54.1 cm³/mol. The summed E-state index contributed by atoms with van der Waals surface area (Å²) in [6.07, 6.45) is 2.57. The van der Waals surface area contributed by atoms with Crippen molar-refractivity contribution in [3.8, 4) is 0 Å². The third kappa shape index (κ3) is 3.20. The second kappa shape index (κ2) is 4.20. The molecule has 0 saturated heterocycles. The molecule has 1 aliphatic carbocycles. The fourth-order valence-electron chi connectivity index (χ4n) is 2.53. The van der Waals surface area contributed by atoms with Gasteiger partial charge in [0.05, 0.1) is 7.11 Å². The molecule has 0 spiro atoms. The van der Waals surface area contributed by atoms with E-state index in [1.165, 1.54) is 13.5 Å². The maximum atomic E-state index is 11.0. The molecule has 0 aromatic heterocycles. The Labute approximate surface area is 85.8 Å². The third-order valence-corrected chi connectivity index (χ3v) is 2.78. The van der Waals surface area contributed by atoms with Crippen molar-refractivity contribution in [1.82, 2.24) is 0 Å². The highest BCUT2D eigenvalue weighted by Gasteiger charge is 2.34. The molecule has 3 nitrogen and oxygen atoms in total. The zero-order chi connectivity index (χ0) is 10.8. The minimum atomic E-state index is -0.556. The normalized spacial score (nSPS) is 30.9. The maximum Gasteiger partial charge on any atom is 0.508 e. The molecule has 0 aliphatic heterocycles. The van der Waals surface area contributed by atoms with Crippen LogP contribution in [0.3, 0.4) is 0 Å². The van der Waals surface area contributed by atoms with E-state index in [1.54, 1.807) is 0 Å². The molecule has 0 aromatic rings. The highest BCUT2D eigenvalue weighted by atomic mass is 16.7. The van der Waals surface area contributed by atoms with E-state index in [1.807, 2.05) is 0 Å². The lowest BCUT2D eigenvalue weighted by molar-refractivity contribution is -0.0129. The van der Waals surface area contributed by atoms with Crippen LogP contribution in [0, 0.1) is 11.3 Å². The minimum Gasteiger partial charge on any atom is -0.438 e. The number of hydrogen-bond acceptors (Lipinski definition) is 3. The molecule has 3 heteroatoms. The summed E-state index contributed by atoms with van der Waals surface area (Å²) in [7, 11) is 1.35. The Morgan fingerprint density at radius 2 is 2.00 bits per heavy atom. The van der Waals surface area contributed by atoms with Crippen LogP contribution in [-0.4, -0.2) is 19.4 Å². The van der Waals surface area contributed by atoms with Crippen LogP contribution in [-0.2, 0) is 9.47 Å². The molecule has 0 amide bonds. The second-order valence-corrected chi connectivity index (χ2v) is 5.11. The summed E-state index contributed by atoms with van der Waals surface area (Å²) in [5.74, 6) is 0.619. The zero-order valence-corrected chi connectivity index (χ0v) is 9.50. The molecular formula is C11H20O3. The van der Waals surface area contributed by atoms with Gasteiger partial charge < -0.3 is 9.47 Å². The van der Waals surface area contributed by atoms with Gasteiger partial charge in [-0.15, -0.1) is 0 Å². The van der Waals surface area contributed by atoms with Gasteiger partial charge in [0, 0.05) is 0 Å². The summed E-state index contributed by atoms with van der Waals surface area (Å²) in [5, 5.41) is 0. The summed E-state index contributed by atoms with van der Waals surface area (Å²) < 4.78 is 9.68. The lowest BCUT2D eigenvalue weighted by Crippen LogP contribution is -2.33. The molecule has 0 heterocycles. The van der Waals surface area contributed by atoms with Crippen LogP contribution < -0.4 is 0 Å². The second-order valence-electron chi connectivity index (χ2n) is 5.11. The Morgan fingerprint density at radius 1 is 1.36 bits per heavy atom. The SMILES string of the molecule is COC(=O)O[C@@H]1C[C@@H](C)CC(C)(C)C1. The first-order valence-corrected chi connectivity index (χ1v) is 5.17. The fourth-order valence-corrected chi connectivity index (χ4v) is 2.53. The lowest BCUT2D eigenvalue weighted by Gasteiger charge is -2.38. The number of ether oxygens (including phenoxy) is 2. The van der Waals surface area contributed by atoms with Gasteiger partial charge in [0.2, 0.25) is 0 Å². The fraction of sp³-hybridized carbons (Fsp3) is 0.909. The van der Waals surface area contributed by atoms with Crippen LogP contribution in [0.5, 0.6) is 0 Å². The Hall–Kier alpha value is -0.730. The standard InChI is InChI=1S/C11H20O3/c1-8-5-9(14-10(12)13-4)7-11(2,3)6-8/h8-9H,5-7H2,1-4H3/t8-,9-/m1/s1. The van der Waals surface area contributed by atoms with Crippen LogP contribution >= 0.6 is 0 Å². The summed E-state index contributed by atoms with van der Waals surface area (Å²) in [5.41, 5.74) is 0.274. The minimum absolute atomic E-state index is 0.0289. The van der Waals surface area contributed by atoms with E-state index in [0.29, 0.717) is 5.92 Å². The molecule has 14 heavy (non-hydrogen) atoms. The van der Waals surface area contributed by atoms with Crippen LogP contribution in [0.2, 0.25) is 0 Å². The number of hydrogen-bond donors (Lipinski definition) is 0. The Balaban J connectivity index is 2.50. The van der Waals surface area contributed by atoms with Gasteiger partial charge in [0.25, 0.3) is 0 Å². The van der Waals surface area contributed by atoms with Crippen molar-refractivity contribution in [2.24, 2.45) is 11.3 Å². The van der Waals surface area contributed by atoms with Gasteiger partial charge in [-0.2, -0.15) is 0 Å². The topological polar surface area (TPSA) is 35.5 Å². The first-order chi connectivity index (χ1) is 6.43. The first-order valence-electron chi connectivity index (χ1n) is 5.17. The van der Waals surface area contributed by atoms with E-state index in [0.717, 1.165) is 12.8 Å². The molecule has 1 aliphatic rings. The molecule has 0 aromatic carbocycles. The molecule has 0 unspecified atom stereocenters. The average molecular weight is 200 g/mol. The van der Waals surface area contributed by atoms with Crippen molar-refractivity contribution in [2.45, 2.75) is 46.1 Å².